The van der Waals surface area contributed by atoms with Crippen molar-refractivity contribution in [1.82, 2.24) is 10.2 Å². The fourth-order valence-corrected chi connectivity index (χ4v) is 4.28. The van der Waals surface area contributed by atoms with E-state index in [0.717, 1.165) is 25.7 Å². The lowest BCUT2D eigenvalue weighted by Gasteiger charge is -2.28. The van der Waals surface area contributed by atoms with Gasteiger partial charge in [0.1, 0.15) is 0 Å². The highest BCUT2D eigenvalue weighted by Gasteiger charge is 2.34. The SMILES string of the molecule is O=C(CCCCCN1C(=O)c2ccccc2C1=O)NC[C@@H]1CCCC[C@@H]1C(=O)O. The Kier molecular flexibility index (Phi) is 7.01. The second kappa shape index (κ2) is 9.67. The Morgan fingerprint density at radius 1 is 1.00 bits per heavy atom. The van der Waals surface area contributed by atoms with E-state index in [0.29, 0.717) is 49.9 Å². The van der Waals surface area contributed by atoms with E-state index in [1.54, 1.807) is 24.3 Å². The number of carboxylic acid groups (broad SMARTS) is 1. The Bertz CT molecular complexity index is 756. The van der Waals surface area contributed by atoms with Crippen LogP contribution in [0.5, 0.6) is 0 Å². The minimum absolute atomic E-state index is 0.0130. The Hall–Kier alpha value is -2.70. The molecule has 0 spiro atoms. The van der Waals surface area contributed by atoms with Crippen molar-refractivity contribution < 1.29 is 24.3 Å². The molecule has 1 fully saturated rings. The molecule has 0 unspecified atom stereocenters. The van der Waals surface area contributed by atoms with Crippen LogP contribution < -0.4 is 5.32 Å². The fraction of sp³-hybridized carbons (Fsp3) is 0.545. The number of hydrogen-bond donors (Lipinski definition) is 2. The Morgan fingerprint density at radius 2 is 1.66 bits per heavy atom. The third-order valence-electron chi connectivity index (χ3n) is 5.95. The first-order chi connectivity index (χ1) is 14.0. The first kappa shape index (κ1) is 21.0. The van der Waals surface area contributed by atoms with E-state index >= 15 is 0 Å². The number of carboxylic acids is 1. The van der Waals surface area contributed by atoms with Gasteiger partial charge in [-0.05, 0) is 43.7 Å². The molecule has 1 aromatic carbocycles. The molecule has 7 heteroatoms. The van der Waals surface area contributed by atoms with Crippen LogP contribution in [0.3, 0.4) is 0 Å². The maximum atomic E-state index is 12.3. The van der Waals surface area contributed by atoms with Crippen molar-refractivity contribution in [1.29, 1.82) is 0 Å². The quantitative estimate of drug-likeness (QED) is 0.490. The van der Waals surface area contributed by atoms with Crippen LogP contribution in [0.1, 0.15) is 72.1 Å². The smallest absolute Gasteiger partial charge is 0.306 e. The molecule has 0 bridgehead atoms. The summed E-state index contributed by atoms with van der Waals surface area (Å²) in [7, 11) is 0. The van der Waals surface area contributed by atoms with Gasteiger partial charge in [0, 0.05) is 19.5 Å². The van der Waals surface area contributed by atoms with Crippen molar-refractivity contribution in [2.75, 3.05) is 13.1 Å². The van der Waals surface area contributed by atoms with Crippen LogP contribution in [0.15, 0.2) is 24.3 Å². The molecule has 7 nitrogen and oxygen atoms in total. The number of nitrogens with one attached hydrogen (secondary N) is 1. The molecule has 0 saturated heterocycles. The third kappa shape index (κ3) is 5.02. The second-order valence-electron chi connectivity index (χ2n) is 7.91. The molecule has 0 radical (unpaired) electrons. The summed E-state index contributed by atoms with van der Waals surface area (Å²) in [4.78, 5) is 49.2. The van der Waals surface area contributed by atoms with Crippen LogP contribution in [0.25, 0.3) is 0 Å². The number of rotatable bonds is 9. The predicted molar refractivity (Wildman–Crippen MR) is 106 cm³/mol. The Labute approximate surface area is 170 Å². The van der Waals surface area contributed by atoms with Crippen molar-refractivity contribution in [3.05, 3.63) is 35.4 Å². The monoisotopic (exact) mass is 400 g/mol. The van der Waals surface area contributed by atoms with E-state index in [-0.39, 0.29) is 29.6 Å². The van der Waals surface area contributed by atoms with Crippen LogP contribution in [0.4, 0.5) is 0 Å². The lowest BCUT2D eigenvalue weighted by Crippen LogP contribution is -2.37. The molecule has 2 atom stereocenters. The molecule has 1 aromatic rings. The number of amides is 3. The summed E-state index contributed by atoms with van der Waals surface area (Å²) in [5.74, 6) is -1.67. The van der Waals surface area contributed by atoms with Crippen molar-refractivity contribution >= 4 is 23.7 Å². The molecule has 3 rings (SSSR count). The van der Waals surface area contributed by atoms with E-state index in [4.69, 9.17) is 0 Å². The van der Waals surface area contributed by atoms with Crippen molar-refractivity contribution in [3.8, 4) is 0 Å². The summed E-state index contributed by atoms with van der Waals surface area (Å²) < 4.78 is 0. The summed E-state index contributed by atoms with van der Waals surface area (Å²) in [5, 5.41) is 12.2. The normalized spacial score (nSPS) is 21.2. The minimum Gasteiger partial charge on any atom is -0.481 e. The van der Waals surface area contributed by atoms with E-state index in [9.17, 15) is 24.3 Å². The van der Waals surface area contributed by atoms with Crippen LogP contribution in [-0.4, -0.2) is 46.8 Å². The lowest BCUT2D eigenvalue weighted by molar-refractivity contribution is -0.145. The molecule has 29 heavy (non-hydrogen) atoms. The van der Waals surface area contributed by atoms with Crippen LogP contribution in [0, 0.1) is 11.8 Å². The van der Waals surface area contributed by atoms with Crippen LogP contribution in [0.2, 0.25) is 0 Å². The van der Waals surface area contributed by atoms with Crippen molar-refractivity contribution in [3.63, 3.8) is 0 Å². The first-order valence-corrected chi connectivity index (χ1v) is 10.4. The molecular formula is C22H28N2O5. The number of nitrogens with zero attached hydrogens (tertiary/aromatic N) is 1. The number of carbonyl (C=O) groups excluding carboxylic acids is 3. The largest absolute Gasteiger partial charge is 0.481 e. The van der Waals surface area contributed by atoms with E-state index in [1.807, 2.05) is 0 Å². The molecule has 156 valence electrons. The lowest BCUT2D eigenvalue weighted by atomic mass is 9.79. The van der Waals surface area contributed by atoms with E-state index in [1.165, 1.54) is 4.90 Å². The summed E-state index contributed by atoms with van der Waals surface area (Å²) in [6.45, 7) is 0.779. The van der Waals surface area contributed by atoms with E-state index < -0.39 is 5.97 Å². The van der Waals surface area contributed by atoms with Crippen LogP contribution >= 0.6 is 0 Å². The molecule has 1 aliphatic carbocycles. The van der Waals surface area contributed by atoms with Gasteiger partial charge in [-0.3, -0.25) is 24.1 Å². The zero-order valence-corrected chi connectivity index (χ0v) is 16.6. The molecule has 2 N–H and O–H groups in total. The number of aliphatic carboxylic acids is 1. The molecule has 0 aromatic heterocycles. The van der Waals surface area contributed by atoms with Gasteiger partial charge >= 0.3 is 5.97 Å². The van der Waals surface area contributed by atoms with Gasteiger partial charge in [0.2, 0.25) is 5.91 Å². The summed E-state index contributed by atoms with van der Waals surface area (Å²) in [6.07, 6.45) is 5.92. The second-order valence-corrected chi connectivity index (χ2v) is 7.91. The van der Waals surface area contributed by atoms with E-state index in [2.05, 4.69) is 5.32 Å². The number of unbranched alkanes of at least 4 members (excludes halogenated alkanes) is 2. The highest BCUT2D eigenvalue weighted by molar-refractivity contribution is 6.21. The minimum atomic E-state index is -0.767. The molecule has 2 aliphatic rings. The number of carbonyl (C=O) groups is 4. The summed E-state index contributed by atoms with van der Waals surface area (Å²) >= 11 is 0. The van der Waals surface area contributed by atoms with Gasteiger partial charge in [-0.1, -0.05) is 31.4 Å². The van der Waals surface area contributed by atoms with Gasteiger partial charge in [-0.25, -0.2) is 0 Å². The average Bonchev–Trinajstić information content (AvgIpc) is 2.97. The molecule has 1 saturated carbocycles. The molecule has 3 amide bonds. The topological polar surface area (TPSA) is 104 Å². The van der Waals surface area contributed by atoms with Crippen molar-refractivity contribution in [2.24, 2.45) is 11.8 Å². The zero-order chi connectivity index (χ0) is 20.8. The molecule has 1 heterocycles. The molecule has 1 aliphatic heterocycles. The Balaban J connectivity index is 1.33. The van der Waals surface area contributed by atoms with Gasteiger partial charge in [0.15, 0.2) is 0 Å². The van der Waals surface area contributed by atoms with Gasteiger partial charge in [-0.15, -0.1) is 0 Å². The van der Waals surface area contributed by atoms with Crippen molar-refractivity contribution in [2.45, 2.75) is 51.4 Å². The fourth-order valence-electron chi connectivity index (χ4n) is 4.28. The number of hydrogen-bond acceptors (Lipinski definition) is 4. The highest BCUT2D eigenvalue weighted by Crippen LogP contribution is 2.29. The first-order valence-electron chi connectivity index (χ1n) is 10.4. The molecular weight excluding hydrogens is 372 g/mol. The number of benzene rings is 1. The predicted octanol–water partition coefficient (Wildman–Crippen LogP) is 2.85. The summed E-state index contributed by atoms with van der Waals surface area (Å²) in [5.41, 5.74) is 0.915. The van der Waals surface area contributed by atoms with Gasteiger partial charge in [0.25, 0.3) is 11.8 Å². The maximum absolute atomic E-state index is 12.3. The summed E-state index contributed by atoms with van der Waals surface area (Å²) in [6, 6.07) is 6.83. The van der Waals surface area contributed by atoms with Gasteiger partial charge in [-0.2, -0.15) is 0 Å². The zero-order valence-electron chi connectivity index (χ0n) is 16.6. The average molecular weight is 400 g/mol. The number of imide groups is 1. The third-order valence-corrected chi connectivity index (χ3v) is 5.95. The highest BCUT2D eigenvalue weighted by atomic mass is 16.4. The van der Waals surface area contributed by atoms with Gasteiger partial charge < -0.3 is 10.4 Å². The van der Waals surface area contributed by atoms with Crippen LogP contribution in [-0.2, 0) is 9.59 Å². The standard InChI is InChI=1S/C22H28N2O5/c25-19(23-14-15-8-3-4-9-16(15)22(28)29)12-2-1-7-13-24-20(26)17-10-5-6-11-18(17)21(24)27/h5-6,10-11,15-16H,1-4,7-9,12-14H2,(H,23,25)(H,28,29)/t15-,16-/m0/s1. The number of fused-ring (bicyclic) bond motifs is 1. The Morgan fingerprint density at radius 3 is 2.31 bits per heavy atom. The maximum Gasteiger partial charge on any atom is 0.306 e. The van der Waals surface area contributed by atoms with Gasteiger partial charge in [0.05, 0.1) is 17.0 Å².